The van der Waals surface area contributed by atoms with Crippen molar-refractivity contribution in [3.63, 3.8) is 0 Å². The summed E-state index contributed by atoms with van der Waals surface area (Å²) in [6.07, 6.45) is 0.445. The van der Waals surface area contributed by atoms with Crippen LogP contribution in [0.15, 0.2) is 40.8 Å². The van der Waals surface area contributed by atoms with Crippen LogP contribution in [0.1, 0.15) is 23.9 Å². The van der Waals surface area contributed by atoms with E-state index in [-0.39, 0.29) is 23.6 Å². The highest BCUT2D eigenvalue weighted by Gasteiger charge is 2.39. The summed E-state index contributed by atoms with van der Waals surface area (Å²) in [4.78, 5) is 26.6. The predicted octanol–water partition coefficient (Wildman–Crippen LogP) is 1.63. The zero-order valence-electron chi connectivity index (χ0n) is 14.9. The average Bonchev–Trinajstić information content (AvgIpc) is 3.28. The smallest absolute Gasteiger partial charge is 0.290 e. The van der Waals surface area contributed by atoms with Gasteiger partial charge >= 0.3 is 0 Å². The zero-order valence-corrected chi connectivity index (χ0v) is 14.9. The number of likely N-dealkylation sites (N-methyl/N-ethyl adjacent to an activating group) is 1. The summed E-state index contributed by atoms with van der Waals surface area (Å²) in [6, 6.07) is 9.95. The van der Waals surface area contributed by atoms with Gasteiger partial charge in [0.25, 0.3) is 5.91 Å². The lowest BCUT2D eigenvalue weighted by atomic mass is 10.1. The predicted molar refractivity (Wildman–Crippen MR) is 96.8 cm³/mol. The fourth-order valence-corrected chi connectivity index (χ4v) is 3.16. The van der Waals surface area contributed by atoms with Crippen LogP contribution in [0.3, 0.4) is 0 Å². The van der Waals surface area contributed by atoms with E-state index >= 15 is 0 Å². The van der Waals surface area contributed by atoms with Crippen molar-refractivity contribution in [1.82, 2.24) is 10.2 Å². The molecular formula is C19H23N3O4. The summed E-state index contributed by atoms with van der Waals surface area (Å²) < 4.78 is 11.0. The Bertz CT molecular complexity index is 802. The maximum absolute atomic E-state index is 12.9. The maximum atomic E-state index is 12.9. The van der Waals surface area contributed by atoms with Crippen LogP contribution in [0.4, 0.5) is 0 Å². The summed E-state index contributed by atoms with van der Waals surface area (Å²) in [5, 5.41) is 2.76. The number of carbonyl (C=O) groups excluding carboxylic acids is 2. The number of amides is 2. The molecule has 1 aliphatic heterocycles. The van der Waals surface area contributed by atoms with Crippen molar-refractivity contribution in [2.75, 3.05) is 20.2 Å². The molecule has 0 spiro atoms. The van der Waals surface area contributed by atoms with Crippen molar-refractivity contribution in [2.24, 2.45) is 5.73 Å². The maximum Gasteiger partial charge on any atom is 0.290 e. The molecule has 3 rings (SSSR count). The van der Waals surface area contributed by atoms with Crippen molar-refractivity contribution in [2.45, 2.75) is 25.4 Å². The number of likely N-dealkylation sites (tertiary alicyclic amines) is 1. The van der Waals surface area contributed by atoms with Gasteiger partial charge in [-0.2, -0.15) is 0 Å². The molecule has 1 fully saturated rings. The number of benzene rings is 1. The number of nitrogens with one attached hydrogen (secondary N) is 1. The molecule has 2 atom stereocenters. The monoisotopic (exact) mass is 357 g/mol. The Labute approximate surface area is 152 Å². The molecular weight excluding hydrogens is 334 g/mol. The lowest BCUT2D eigenvalue weighted by molar-refractivity contribution is -0.124. The molecule has 2 amide bonds. The fourth-order valence-electron chi connectivity index (χ4n) is 3.16. The Morgan fingerprint density at radius 2 is 2.15 bits per heavy atom. The van der Waals surface area contributed by atoms with Crippen molar-refractivity contribution in [3.05, 3.63) is 42.2 Å². The molecule has 7 nitrogen and oxygen atoms in total. The first kappa shape index (κ1) is 18.0. The first-order valence-electron chi connectivity index (χ1n) is 8.62. The minimum atomic E-state index is -0.567. The van der Waals surface area contributed by atoms with Gasteiger partial charge < -0.3 is 25.1 Å². The number of nitrogens with zero attached hydrogens (tertiary/aromatic N) is 1. The van der Waals surface area contributed by atoms with Gasteiger partial charge in [0.15, 0.2) is 5.76 Å². The number of carbonyl (C=O) groups is 2. The van der Waals surface area contributed by atoms with Gasteiger partial charge in [0, 0.05) is 24.7 Å². The third kappa shape index (κ3) is 3.57. The Hall–Kier alpha value is -2.80. The van der Waals surface area contributed by atoms with E-state index < -0.39 is 6.04 Å². The van der Waals surface area contributed by atoms with E-state index in [4.69, 9.17) is 14.9 Å². The number of ether oxygens (including phenoxy) is 1. The number of hydrogen-bond acceptors (Lipinski definition) is 5. The molecule has 3 N–H and O–H groups in total. The topological polar surface area (TPSA) is 97.8 Å². The van der Waals surface area contributed by atoms with Crippen molar-refractivity contribution in [1.29, 1.82) is 0 Å². The molecule has 0 bridgehead atoms. The second kappa shape index (κ2) is 7.61. The molecule has 0 radical (unpaired) electrons. The molecule has 0 unspecified atom stereocenters. The number of hydrogen-bond donors (Lipinski definition) is 2. The van der Waals surface area contributed by atoms with Crippen LogP contribution < -0.4 is 15.8 Å². The van der Waals surface area contributed by atoms with Gasteiger partial charge in [-0.05, 0) is 37.6 Å². The molecule has 1 aromatic carbocycles. The third-order valence-electron chi connectivity index (χ3n) is 4.42. The highest BCUT2D eigenvalue weighted by atomic mass is 16.5. The molecule has 1 aromatic heterocycles. The molecule has 2 heterocycles. The lowest BCUT2D eigenvalue weighted by Gasteiger charge is -2.22. The number of rotatable bonds is 5. The average molecular weight is 357 g/mol. The van der Waals surface area contributed by atoms with Crippen LogP contribution in [0, 0.1) is 0 Å². The summed E-state index contributed by atoms with van der Waals surface area (Å²) in [7, 11) is 1.59. The van der Waals surface area contributed by atoms with Crippen LogP contribution >= 0.6 is 0 Å². The molecule has 1 aliphatic rings. The van der Waals surface area contributed by atoms with Crippen LogP contribution in [-0.2, 0) is 4.79 Å². The van der Waals surface area contributed by atoms with Gasteiger partial charge in [0.05, 0.1) is 7.11 Å². The van der Waals surface area contributed by atoms with Crippen LogP contribution in [0.5, 0.6) is 5.75 Å². The van der Waals surface area contributed by atoms with E-state index in [9.17, 15) is 9.59 Å². The molecule has 2 aromatic rings. The van der Waals surface area contributed by atoms with Gasteiger partial charge in [0.2, 0.25) is 5.91 Å². The second-order valence-corrected chi connectivity index (χ2v) is 6.26. The van der Waals surface area contributed by atoms with E-state index in [0.717, 1.165) is 5.56 Å². The highest BCUT2D eigenvalue weighted by Crippen LogP contribution is 2.27. The standard InChI is InChI=1S/C19H23N3O4/c1-3-21-18(23)15-10-13(20)11-22(15)19(24)17-8-7-16(26-17)12-5-4-6-14(9-12)25-2/h4-9,13,15H,3,10-11,20H2,1-2H3,(H,21,23)/t13-,15-/m0/s1. The van der Waals surface area contributed by atoms with Crippen LogP contribution in [0.25, 0.3) is 11.3 Å². The first-order valence-corrected chi connectivity index (χ1v) is 8.62. The Kier molecular flexibility index (Phi) is 5.27. The van der Waals surface area contributed by atoms with E-state index in [1.165, 1.54) is 4.90 Å². The van der Waals surface area contributed by atoms with Gasteiger partial charge in [-0.15, -0.1) is 0 Å². The van der Waals surface area contributed by atoms with Crippen molar-refractivity contribution < 1.29 is 18.7 Å². The van der Waals surface area contributed by atoms with E-state index in [0.29, 0.717) is 31.0 Å². The normalized spacial score (nSPS) is 19.4. The summed E-state index contributed by atoms with van der Waals surface area (Å²) >= 11 is 0. The number of furan rings is 1. The fraction of sp³-hybridized carbons (Fsp3) is 0.368. The molecule has 7 heteroatoms. The van der Waals surface area contributed by atoms with Crippen molar-refractivity contribution >= 4 is 11.8 Å². The summed E-state index contributed by atoms with van der Waals surface area (Å²) in [5.41, 5.74) is 6.78. The van der Waals surface area contributed by atoms with Gasteiger partial charge in [-0.25, -0.2) is 0 Å². The van der Waals surface area contributed by atoms with Gasteiger partial charge in [-0.1, -0.05) is 12.1 Å². The van der Waals surface area contributed by atoms with Gasteiger partial charge in [-0.3, -0.25) is 9.59 Å². The Morgan fingerprint density at radius 3 is 2.88 bits per heavy atom. The number of nitrogens with two attached hydrogens (primary N) is 1. The molecule has 1 saturated heterocycles. The minimum absolute atomic E-state index is 0.186. The summed E-state index contributed by atoms with van der Waals surface area (Å²) in [5.74, 6) is 0.932. The second-order valence-electron chi connectivity index (χ2n) is 6.26. The molecule has 26 heavy (non-hydrogen) atoms. The van der Waals surface area contributed by atoms with Gasteiger partial charge in [0.1, 0.15) is 17.6 Å². The largest absolute Gasteiger partial charge is 0.497 e. The third-order valence-corrected chi connectivity index (χ3v) is 4.42. The molecule has 138 valence electrons. The lowest BCUT2D eigenvalue weighted by Crippen LogP contribution is -2.45. The quantitative estimate of drug-likeness (QED) is 0.848. The number of methoxy groups -OCH3 is 1. The first-order chi connectivity index (χ1) is 12.5. The highest BCUT2D eigenvalue weighted by molar-refractivity contribution is 5.96. The SMILES string of the molecule is CCNC(=O)[C@@H]1C[C@H](N)CN1C(=O)c1ccc(-c2cccc(OC)c2)o1. The zero-order chi connectivity index (χ0) is 18.7. The van der Waals surface area contributed by atoms with E-state index in [1.54, 1.807) is 19.2 Å². The van der Waals surface area contributed by atoms with E-state index in [2.05, 4.69) is 5.32 Å². The molecule has 0 saturated carbocycles. The van der Waals surface area contributed by atoms with Crippen LogP contribution in [-0.4, -0.2) is 49.0 Å². The van der Waals surface area contributed by atoms with Crippen molar-refractivity contribution in [3.8, 4) is 17.1 Å². The van der Waals surface area contributed by atoms with Crippen LogP contribution in [0.2, 0.25) is 0 Å². The Balaban J connectivity index is 1.81. The van der Waals surface area contributed by atoms with E-state index in [1.807, 2.05) is 31.2 Å². The Morgan fingerprint density at radius 1 is 1.35 bits per heavy atom. The summed E-state index contributed by atoms with van der Waals surface area (Å²) in [6.45, 7) is 2.68. The minimum Gasteiger partial charge on any atom is -0.497 e. The molecule has 0 aliphatic carbocycles.